The highest BCUT2D eigenvalue weighted by atomic mass is 19.1. The first-order chi connectivity index (χ1) is 9.08. The van der Waals surface area contributed by atoms with E-state index in [4.69, 9.17) is 5.73 Å². The largest absolute Gasteiger partial charge is 0.382 e. The predicted molar refractivity (Wildman–Crippen MR) is 68.7 cm³/mol. The molecule has 0 bridgehead atoms. The van der Waals surface area contributed by atoms with Gasteiger partial charge < -0.3 is 11.1 Å². The van der Waals surface area contributed by atoms with Gasteiger partial charge in [0, 0.05) is 5.56 Å². The summed E-state index contributed by atoms with van der Waals surface area (Å²) in [5.41, 5.74) is 5.94. The number of aromatic nitrogens is 2. The molecule has 0 saturated heterocycles. The van der Waals surface area contributed by atoms with Crippen molar-refractivity contribution in [3.63, 3.8) is 0 Å². The van der Waals surface area contributed by atoms with Crippen molar-refractivity contribution in [2.45, 2.75) is 13.0 Å². The molecule has 1 atom stereocenters. The molecule has 1 aromatic heterocycles. The number of halogens is 1. The number of amides is 1. The third-order valence-electron chi connectivity index (χ3n) is 2.62. The molecule has 2 aromatic rings. The van der Waals surface area contributed by atoms with Gasteiger partial charge in [0.25, 0.3) is 5.91 Å². The fraction of sp³-hybridized carbons (Fsp3) is 0.154. The molecule has 1 heterocycles. The van der Waals surface area contributed by atoms with Gasteiger partial charge in [-0.1, -0.05) is 18.2 Å². The number of hydrogen-bond acceptors (Lipinski definition) is 4. The molecule has 0 aliphatic rings. The van der Waals surface area contributed by atoms with Crippen LogP contribution in [0.5, 0.6) is 0 Å². The van der Waals surface area contributed by atoms with Crippen LogP contribution in [-0.2, 0) is 0 Å². The maximum Gasteiger partial charge on any atom is 0.271 e. The van der Waals surface area contributed by atoms with Crippen molar-refractivity contribution in [2.24, 2.45) is 0 Å². The van der Waals surface area contributed by atoms with E-state index >= 15 is 0 Å². The summed E-state index contributed by atoms with van der Waals surface area (Å²) in [5, 5.41) is 2.65. The van der Waals surface area contributed by atoms with Crippen molar-refractivity contribution in [3.05, 3.63) is 53.7 Å². The van der Waals surface area contributed by atoms with E-state index in [-0.39, 0.29) is 17.3 Å². The van der Waals surface area contributed by atoms with Gasteiger partial charge in [-0.2, -0.15) is 0 Å². The van der Waals surface area contributed by atoms with Crippen LogP contribution in [0, 0.1) is 5.82 Å². The minimum atomic E-state index is -0.465. The van der Waals surface area contributed by atoms with Crippen LogP contribution in [0.3, 0.4) is 0 Å². The number of hydrogen-bond donors (Lipinski definition) is 2. The Hall–Kier alpha value is -2.50. The molecule has 1 amide bonds. The number of rotatable bonds is 3. The van der Waals surface area contributed by atoms with Crippen molar-refractivity contribution in [1.29, 1.82) is 0 Å². The summed E-state index contributed by atoms with van der Waals surface area (Å²) in [6.07, 6.45) is 2.57. The molecule has 0 saturated carbocycles. The Morgan fingerprint density at radius 3 is 2.68 bits per heavy atom. The fourth-order valence-electron chi connectivity index (χ4n) is 1.63. The molecule has 3 N–H and O–H groups in total. The smallest absolute Gasteiger partial charge is 0.271 e. The van der Waals surface area contributed by atoms with Gasteiger partial charge in [0.1, 0.15) is 17.3 Å². The molecule has 0 radical (unpaired) electrons. The second kappa shape index (κ2) is 5.43. The monoisotopic (exact) mass is 260 g/mol. The summed E-state index contributed by atoms with van der Waals surface area (Å²) in [4.78, 5) is 19.5. The number of carbonyl (C=O) groups is 1. The second-order valence-corrected chi connectivity index (χ2v) is 4.04. The molecule has 0 aliphatic heterocycles. The highest BCUT2D eigenvalue weighted by Crippen LogP contribution is 2.16. The topological polar surface area (TPSA) is 80.9 Å². The van der Waals surface area contributed by atoms with Crippen LogP contribution in [0.1, 0.15) is 29.0 Å². The van der Waals surface area contributed by atoms with Crippen LogP contribution in [0.25, 0.3) is 0 Å². The summed E-state index contributed by atoms with van der Waals surface area (Å²) < 4.78 is 13.6. The molecular weight excluding hydrogens is 247 g/mol. The lowest BCUT2D eigenvalue weighted by molar-refractivity contribution is 0.0934. The van der Waals surface area contributed by atoms with Gasteiger partial charge in [-0.15, -0.1) is 0 Å². The highest BCUT2D eigenvalue weighted by molar-refractivity contribution is 5.92. The van der Waals surface area contributed by atoms with E-state index < -0.39 is 11.9 Å². The summed E-state index contributed by atoms with van der Waals surface area (Å²) in [5.74, 6) is -0.555. The van der Waals surface area contributed by atoms with Crippen LogP contribution in [0.2, 0.25) is 0 Å². The molecule has 0 aliphatic carbocycles. The zero-order chi connectivity index (χ0) is 13.8. The lowest BCUT2D eigenvalue weighted by atomic mass is 10.1. The zero-order valence-electron chi connectivity index (χ0n) is 10.3. The van der Waals surface area contributed by atoms with E-state index in [2.05, 4.69) is 15.3 Å². The number of nitrogens with one attached hydrogen (secondary N) is 1. The Morgan fingerprint density at radius 1 is 1.32 bits per heavy atom. The lowest BCUT2D eigenvalue weighted by Gasteiger charge is -2.14. The van der Waals surface area contributed by atoms with Crippen LogP contribution >= 0.6 is 0 Å². The number of nitrogen functional groups attached to an aromatic ring is 1. The molecule has 19 heavy (non-hydrogen) atoms. The van der Waals surface area contributed by atoms with Gasteiger partial charge >= 0.3 is 0 Å². The molecule has 98 valence electrons. The predicted octanol–water partition coefficient (Wildman–Crippen LogP) is 1.69. The number of benzene rings is 1. The summed E-state index contributed by atoms with van der Waals surface area (Å²) in [6.45, 7) is 1.70. The van der Waals surface area contributed by atoms with Gasteiger partial charge in [-0.25, -0.2) is 14.4 Å². The van der Waals surface area contributed by atoms with E-state index in [0.717, 1.165) is 0 Å². The SMILES string of the molecule is CC(NC(=O)c1cnc(N)cn1)c1ccccc1F. The molecule has 1 aromatic carbocycles. The summed E-state index contributed by atoms with van der Waals surface area (Å²) in [7, 11) is 0. The minimum Gasteiger partial charge on any atom is -0.382 e. The first-order valence-corrected chi connectivity index (χ1v) is 5.70. The quantitative estimate of drug-likeness (QED) is 0.880. The Bertz CT molecular complexity index is 585. The van der Waals surface area contributed by atoms with E-state index in [1.807, 2.05) is 0 Å². The van der Waals surface area contributed by atoms with E-state index in [9.17, 15) is 9.18 Å². The van der Waals surface area contributed by atoms with Gasteiger partial charge in [0.05, 0.1) is 18.4 Å². The third kappa shape index (κ3) is 3.04. The van der Waals surface area contributed by atoms with Crippen LogP contribution in [0.4, 0.5) is 10.2 Å². The van der Waals surface area contributed by atoms with Gasteiger partial charge in [0.15, 0.2) is 0 Å². The van der Waals surface area contributed by atoms with Crippen LogP contribution in [0.15, 0.2) is 36.7 Å². The Balaban J connectivity index is 2.11. The van der Waals surface area contributed by atoms with E-state index in [1.165, 1.54) is 18.5 Å². The molecular formula is C13H13FN4O. The Labute approximate surface area is 109 Å². The molecule has 0 spiro atoms. The maximum atomic E-state index is 13.6. The standard InChI is InChI=1S/C13H13FN4O/c1-8(9-4-2-3-5-10(9)14)18-13(19)11-6-17-12(15)7-16-11/h2-8H,1H3,(H2,15,17)(H,18,19). The molecule has 0 fully saturated rings. The molecule has 2 rings (SSSR count). The van der Waals surface area contributed by atoms with Gasteiger partial charge in [0.2, 0.25) is 0 Å². The van der Waals surface area contributed by atoms with Crippen molar-refractivity contribution >= 4 is 11.7 Å². The third-order valence-corrected chi connectivity index (χ3v) is 2.62. The number of nitrogens with two attached hydrogens (primary N) is 1. The lowest BCUT2D eigenvalue weighted by Crippen LogP contribution is -2.28. The average Bonchev–Trinajstić information content (AvgIpc) is 2.39. The highest BCUT2D eigenvalue weighted by Gasteiger charge is 2.15. The van der Waals surface area contributed by atoms with E-state index in [0.29, 0.717) is 5.56 Å². The molecule has 6 heteroatoms. The first-order valence-electron chi connectivity index (χ1n) is 5.70. The number of carbonyl (C=O) groups excluding carboxylic acids is 1. The second-order valence-electron chi connectivity index (χ2n) is 4.04. The maximum absolute atomic E-state index is 13.6. The number of anilines is 1. The molecule has 1 unspecified atom stereocenters. The van der Waals surface area contributed by atoms with Gasteiger partial charge in [-0.3, -0.25) is 4.79 Å². The van der Waals surface area contributed by atoms with Crippen LogP contribution in [-0.4, -0.2) is 15.9 Å². The summed E-state index contributed by atoms with van der Waals surface area (Å²) >= 11 is 0. The first kappa shape index (κ1) is 12.9. The van der Waals surface area contributed by atoms with Crippen molar-refractivity contribution in [2.75, 3.05) is 5.73 Å². The molecule has 5 nitrogen and oxygen atoms in total. The Kier molecular flexibility index (Phi) is 3.70. The average molecular weight is 260 g/mol. The zero-order valence-corrected chi connectivity index (χ0v) is 10.3. The van der Waals surface area contributed by atoms with E-state index in [1.54, 1.807) is 25.1 Å². The van der Waals surface area contributed by atoms with Gasteiger partial charge in [-0.05, 0) is 13.0 Å². The fourth-order valence-corrected chi connectivity index (χ4v) is 1.63. The normalized spacial score (nSPS) is 11.9. The summed E-state index contributed by atoms with van der Waals surface area (Å²) in [6, 6.07) is 5.81. The number of nitrogens with zero attached hydrogens (tertiary/aromatic N) is 2. The van der Waals surface area contributed by atoms with Crippen molar-refractivity contribution in [3.8, 4) is 0 Å². The van der Waals surface area contributed by atoms with Crippen molar-refractivity contribution < 1.29 is 9.18 Å². The van der Waals surface area contributed by atoms with Crippen LogP contribution < -0.4 is 11.1 Å². The van der Waals surface area contributed by atoms with Crippen molar-refractivity contribution in [1.82, 2.24) is 15.3 Å². The Morgan fingerprint density at radius 2 is 2.05 bits per heavy atom. The minimum absolute atomic E-state index is 0.136.